The molecular formula is C13H14ClNO. The van der Waals surface area contributed by atoms with E-state index in [2.05, 4.69) is 12.2 Å². The average molecular weight is 236 g/mol. The van der Waals surface area contributed by atoms with Crippen LogP contribution in [0.1, 0.15) is 24.3 Å². The van der Waals surface area contributed by atoms with E-state index in [1.165, 1.54) is 5.56 Å². The molecule has 84 valence electrons. The summed E-state index contributed by atoms with van der Waals surface area (Å²) in [7, 11) is 0. The SMILES string of the molecule is C[C@@H](NCc1ccc(Cl)cc1)c1ccco1. The van der Waals surface area contributed by atoms with E-state index in [0.717, 1.165) is 17.3 Å². The molecule has 1 aromatic heterocycles. The molecule has 2 rings (SSSR count). The molecule has 1 N–H and O–H groups in total. The summed E-state index contributed by atoms with van der Waals surface area (Å²) in [5, 5.41) is 4.15. The van der Waals surface area contributed by atoms with Gasteiger partial charge in [-0.15, -0.1) is 0 Å². The zero-order valence-corrected chi connectivity index (χ0v) is 9.87. The summed E-state index contributed by atoms with van der Waals surface area (Å²) in [5.41, 5.74) is 1.21. The van der Waals surface area contributed by atoms with Crippen molar-refractivity contribution in [2.45, 2.75) is 19.5 Å². The average Bonchev–Trinajstić information content (AvgIpc) is 2.81. The number of halogens is 1. The third-order valence-corrected chi connectivity index (χ3v) is 2.75. The number of hydrogen-bond donors (Lipinski definition) is 1. The molecule has 0 unspecified atom stereocenters. The van der Waals surface area contributed by atoms with Crippen molar-refractivity contribution in [3.8, 4) is 0 Å². The third kappa shape index (κ3) is 2.87. The van der Waals surface area contributed by atoms with Gasteiger partial charge in [0.1, 0.15) is 5.76 Å². The Balaban J connectivity index is 1.90. The molecule has 3 heteroatoms. The molecule has 0 saturated heterocycles. The first-order chi connectivity index (χ1) is 7.75. The van der Waals surface area contributed by atoms with Crippen LogP contribution in [0.25, 0.3) is 0 Å². The Hall–Kier alpha value is -1.25. The predicted octanol–water partition coefficient (Wildman–Crippen LogP) is 3.78. The van der Waals surface area contributed by atoms with Crippen LogP contribution in [0.5, 0.6) is 0 Å². The molecule has 16 heavy (non-hydrogen) atoms. The van der Waals surface area contributed by atoms with E-state index in [9.17, 15) is 0 Å². The molecule has 2 aromatic rings. The highest BCUT2D eigenvalue weighted by Crippen LogP contribution is 2.14. The van der Waals surface area contributed by atoms with Crippen LogP contribution in [0.4, 0.5) is 0 Å². The van der Waals surface area contributed by atoms with Gasteiger partial charge in [-0.1, -0.05) is 23.7 Å². The molecule has 0 saturated carbocycles. The fourth-order valence-electron chi connectivity index (χ4n) is 1.51. The summed E-state index contributed by atoms with van der Waals surface area (Å²) in [4.78, 5) is 0. The quantitative estimate of drug-likeness (QED) is 0.873. The lowest BCUT2D eigenvalue weighted by Gasteiger charge is -2.11. The molecule has 0 aliphatic rings. The highest BCUT2D eigenvalue weighted by atomic mass is 35.5. The van der Waals surface area contributed by atoms with Gasteiger partial charge in [0, 0.05) is 11.6 Å². The Kier molecular flexibility index (Phi) is 3.65. The number of furan rings is 1. The summed E-state index contributed by atoms with van der Waals surface area (Å²) in [6, 6.07) is 11.9. The first-order valence-corrected chi connectivity index (χ1v) is 5.65. The van der Waals surface area contributed by atoms with Crippen molar-refractivity contribution in [2.24, 2.45) is 0 Å². The number of benzene rings is 1. The van der Waals surface area contributed by atoms with Gasteiger partial charge in [-0.3, -0.25) is 0 Å². The zero-order valence-electron chi connectivity index (χ0n) is 9.11. The molecule has 0 spiro atoms. The first kappa shape index (κ1) is 11.2. The van der Waals surface area contributed by atoms with Crippen molar-refractivity contribution in [3.63, 3.8) is 0 Å². The molecule has 0 bridgehead atoms. The molecule has 0 radical (unpaired) electrons. The molecule has 1 heterocycles. The first-order valence-electron chi connectivity index (χ1n) is 5.27. The van der Waals surface area contributed by atoms with Gasteiger partial charge in [-0.2, -0.15) is 0 Å². The second-order valence-corrected chi connectivity index (χ2v) is 4.18. The lowest BCUT2D eigenvalue weighted by molar-refractivity contribution is 0.430. The summed E-state index contributed by atoms with van der Waals surface area (Å²) < 4.78 is 5.32. The summed E-state index contributed by atoms with van der Waals surface area (Å²) in [5.74, 6) is 0.953. The molecule has 0 fully saturated rings. The van der Waals surface area contributed by atoms with Gasteiger partial charge in [0.05, 0.1) is 12.3 Å². The van der Waals surface area contributed by atoms with E-state index >= 15 is 0 Å². The third-order valence-electron chi connectivity index (χ3n) is 2.50. The van der Waals surface area contributed by atoms with E-state index in [-0.39, 0.29) is 6.04 Å². The van der Waals surface area contributed by atoms with Crippen molar-refractivity contribution in [2.75, 3.05) is 0 Å². The highest BCUT2D eigenvalue weighted by Gasteiger charge is 2.06. The van der Waals surface area contributed by atoms with Gasteiger partial charge in [-0.25, -0.2) is 0 Å². The minimum atomic E-state index is 0.214. The maximum atomic E-state index is 5.82. The number of nitrogens with one attached hydrogen (secondary N) is 1. The van der Waals surface area contributed by atoms with E-state index in [1.807, 2.05) is 36.4 Å². The van der Waals surface area contributed by atoms with E-state index < -0.39 is 0 Å². The maximum Gasteiger partial charge on any atom is 0.120 e. The Bertz CT molecular complexity index is 422. The fraction of sp³-hybridized carbons (Fsp3) is 0.231. The van der Waals surface area contributed by atoms with Gasteiger partial charge in [-0.05, 0) is 36.8 Å². The number of rotatable bonds is 4. The van der Waals surface area contributed by atoms with Gasteiger partial charge < -0.3 is 9.73 Å². The van der Waals surface area contributed by atoms with E-state index in [4.69, 9.17) is 16.0 Å². The molecule has 0 aliphatic carbocycles. The topological polar surface area (TPSA) is 25.2 Å². The second-order valence-electron chi connectivity index (χ2n) is 3.74. The summed E-state index contributed by atoms with van der Waals surface area (Å²) in [6.45, 7) is 2.88. The van der Waals surface area contributed by atoms with Crippen LogP contribution >= 0.6 is 11.6 Å². The zero-order chi connectivity index (χ0) is 11.4. The summed E-state index contributed by atoms with van der Waals surface area (Å²) >= 11 is 5.82. The second kappa shape index (κ2) is 5.19. The largest absolute Gasteiger partial charge is 0.468 e. The predicted molar refractivity (Wildman–Crippen MR) is 65.4 cm³/mol. The minimum Gasteiger partial charge on any atom is -0.468 e. The Morgan fingerprint density at radius 3 is 2.62 bits per heavy atom. The monoisotopic (exact) mass is 235 g/mol. The molecular weight excluding hydrogens is 222 g/mol. The lowest BCUT2D eigenvalue weighted by Crippen LogP contribution is -2.17. The van der Waals surface area contributed by atoms with Gasteiger partial charge in [0.2, 0.25) is 0 Å². The molecule has 0 aliphatic heterocycles. The van der Waals surface area contributed by atoms with Gasteiger partial charge in [0.15, 0.2) is 0 Å². The smallest absolute Gasteiger partial charge is 0.120 e. The van der Waals surface area contributed by atoms with Crippen molar-refractivity contribution in [1.29, 1.82) is 0 Å². The van der Waals surface area contributed by atoms with Crippen LogP contribution < -0.4 is 5.32 Å². The fourth-order valence-corrected chi connectivity index (χ4v) is 1.64. The Labute approximate surface area is 100 Å². The van der Waals surface area contributed by atoms with Crippen molar-refractivity contribution >= 4 is 11.6 Å². The molecule has 0 amide bonds. The Morgan fingerprint density at radius 1 is 1.25 bits per heavy atom. The standard InChI is InChI=1S/C13H14ClNO/c1-10(13-3-2-8-16-13)15-9-11-4-6-12(14)7-5-11/h2-8,10,15H,9H2,1H3/t10-/m1/s1. The van der Waals surface area contributed by atoms with E-state index in [1.54, 1.807) is 6.26 Å². The Morgan fingerprint density at radius 2 is 2.00 bits per heavy atom. The molecule has 1 aromatic carbocycles. The molecule has 2 nitrogen and oxygen atoms in total. The summed E-state index contributed by atoms with van der Waals surface area (Å²) in [6.07, 6.45) is 1.69. The van der Waals surface area contributed by atoms with Crippen LogP contribution in [0.2, 0.25) is 5.02 Å². The highest BCUT2D eigenvalue weighted by molar-refractivity contribution is 6.30. The normalized spacial score (nSPS) is 12.6. The van der Waals surface area contributed by atoms with Crippen LogP contribution in [-0.2, 0) is 6.54 Å². The van der Waals surface area contributed by atoms with Crippen LogP contribution in [0, 0.1) is 0 Å². The van der Waals surface area contributed by atoms with Crippen LogP contribution in [0.15, 0.2) is 47.1 Å². The van der Waals surface area contributed by atoms with E-state index in [0.29, 0.717) is 0 Å². The maximum absolute atomic E-state index is 5.82. The van der Waals surface area contributed by atoms with Crippen molar-refractivity contribution in [3.05, 3.63) is 59.0 Å². The number of hydrogen-bond acceptors (Lipinski definition) is 2. The van der Waals surface area contributed by atoms with Gasteiger partial charge >= 0.3 is 0 Å². The van der Waals surface area contributed by atoms with Gasteiger partial charge in [0.25, 0.3) is 0 Å². The van der Waals surface area contributed by atoms with Crippen LogP contribution in [0.3, 0.4) is 0 Å². The lowest BCUT2D eigenvalue weighted by atomic mass is 10.2. The van der Waals surface area contributed by atoms with Crippen LogP contribution in [-0.4, -0.2) is 0 Å². The van der Waals surface area contributed by atoms with Crippen molar-refractivity contribution < 1.29 is 4.42 Å². The minimum absolute atomic E-state index is 0.214. The van der Waals surface area contributed by atoms with Crippen molar-refractivity contribution in [1.82, 2.24) is 5.32 Å². The molecule has 1 atom stereocenters.